The van der Waals surface area contributed by atoms with Gasteiger partial charge >= 0.3 is 0 Å². The van der Waals surface area contributed by atoms with E-state index in [2.05, 4.69) is 23.3 Å². The maximum Gasteiger partial charge on any atom is 0.125 e. The van der Waals surface area contributed by atoms with Gasteiger partial charge in [-0.25, -0.2) is 0 Å². The second-order valence-corrected chi connectivity index (χ2v) is 4.17. The summed E-state index contributed by atoms with van der Waals surface area (Å²) in [5.74, 6) is 1.96. The molecule has 90 valence electrons. The quantitative estimate of drug-likeness (QED) is 0.877. The van der Waals surface area contributed by atoms with Gasteiger partial charge in [0.1, 0.15) is 11.5 Å². The second-order valence-electron chi connectivity index (χ2n) is 4.17. The minimum absolute atomic E-state index is 0.0719. The normalized spacial score (nSPS) is 12.6. The molecule has 2 aromatic rings. The van der Waals surface area contributed by atoms with Crippen LogP contribution in [0.3, 0.4) is 0 Å². The van der Waals surface area contributed by atoms with E-state index in [0.29, 0.717) is 0 Å². The molecule has 2 rings (SSSR count). The van der Waals surface area contributed by atoms with Gasteiger partial charge in [0.25, 0.3) is 0 Å². The minimum atomic E-state index is 0.0719. The third-order valence-corrected chi connectivity index (χ3v) is 2.83. The highest BCUT2D eigenvalue weighted by molar-refractivity contribution is 5.27. The fourth-order valence-electron chi connectivity index (χ4n) is 1.95. The number of aromatic nitrogens is 1. The summed E-state index contributed by atoms with van der Waals surface area (Å²) in [5, 5.41) is 3.27. The van der Waals surface area contributed by atoms with Crippen molar-refractivity contribution in [3.63, 3.8) is 0 Å². The zero-order valence-electron chi connectivity index (χ0n) is 10.5. The smallest absolute Gasteiger partial charge is 0.125 e. The first-order valence-electron chi connectivity index (χ1n) is 5.92. The summed E-state index contributed by atoms with van der Waals surface area (Å²) in [6.45, 7) is 4.13. The van der Waals surface area contributed by atoms with Gasteiger partial charge in [0.05, 0.1) is 6.04 Å². The van der Waals surface area contributed by atoms with Crippen LogP contribution < -0.4 is 5.32 Å². The summed E-state index contributed by atoms with van der Waals surface area (Å²) in [5.41, 5.74) is 2.29. The van der Waals surface area contributed by atoms with Gasteiger partial charge in [-0.05, 0) is 37.2 Å². The average molecular weight is 230 g/mol. The fraction of sp³-hybridized carbons (Fsp3) is 0.357. The van der Waals surface area contributed by atoms with Crippen LogP contribution in [0.4, 0.5) is 0 Å². The minimum Gasteiger partial charge on any atom is -0.464 e. The molecule has 0 aromatic carbocycles. The third-order valence-electron chi connectivity index (χ3n) is 2.83. The molecular weight excluding hydrogens is 212 g/mol. The molecule has 0 aliphatic carbocycles. The van der Waals surface area contributed by atoms with Crippen molar-refractivity contribution in [2.24, 2.45) is 0 Å². The molecule has 0 spiro atoms. The van der Waals surface area contributed by atoms with Crippen molar-refractivity contribution >= 4 is 0 Å². The lowest BCUT2D eigenvalue weighted by Gasteiger charge is -2.14. The van der Waals surface area contributed by atoms with Crippen molar-refractivity contribution in [1.82, 2.24) is 10.3 Å². The van der Waals surface area contributed by atoms with Gasteiger partial charge in [0.2, 0.25) is 0 Å². The summed E-state index contributed by atoms with van der Waals surface area (Å²) >= 11 is 0. The molecule has 1 atom stereocenters. The van der Waals surface area contributed by atoms with Gasteiger partial charge in [-0.2, -0.15) is 0 Å². The maximum atomic E-state index is 5.79. The molecule has 1 unspecified atom stereocenters. The van der Waals surface area contributed by atoms with E-state index in [0.717, 1.165) is 29.1 Å². The van der Waals surface area contributed by atoms with Crippen molar-refractivity contribution in [1.29, 1.82) is 0 Å². The molecule has 0 saturated heterocycles. The van der Waals surface area contributed by atoms with Crippen molar-refractivity contribution in [2.75, 3.05) is 7.05 Å². The number of furan rings is 1. The number of nitrogens with one attached hydrogen (secondary N) is 1. The number of hydrogen-bond donors (Lipinski definition) is 1. The summed E-state index contributed by atoms with van der Waals surface area (Å²) < 4.78 is 5.79. The zero-order chi connectivity index (χ0) is 12.3. The van der Waals surface area contributed by atoms with E-state index in [1.54, 1.807) is 0 Å². The Morgan fingerprint density at radius 3 is 2.76 bits per heavy atom. The van der Waals surface area contributed by atoms with E-state index < -0.39 is 0 Å². The summed E-state index contributed by atoms with van der Waals surface area (Å²) in [6, 6.07) is 6.26. The molecule has 0 fully saturated rings. The molecule has 2 aromatic heterocycles. The van der Waals surface area contributed by atoms with Crippen molar-refractivity contribution < 1.29 is 4.42 Å². The number of rotatable bonds is 4. The molecular formula is C14H18N2O. The van der Waals surface area contributed by atoms with Gasteiger partial charge in [0, 0.05) is 18.8 Å². The number of pyridine rings is 1. The van der Waals surface area contributed by atoms with Crippen LogP contribution in [0.15, 0.2) is 35.0 Å². The Balaban J connectivity index is 2.33. The van der Waals surface area contributed by atoms with E-state index in [4.69, 9.17) is 4.42 Å². The van der Waals surface area contributed by atoms with E-state index in [1.165, 1.54) is 0 Å². The largest absolute Gasteiger partial charge is 0.464 e. The third kappa shape index (κ3) is 2.56. The SMILES string of the molecule is CCc1ccc(C(NC)c2cncc(C)c2)o1. The molecule has 0 aliphatic heterocycles. The van der Waals surface area contributed by atoms with Crippen molar-refractivity contribution in [2.45, 2.75) is 26.3 Å². The Morgan fingerprint density at radius 1 is 1.35 bits per heavy atom. The first-order valence-corrected chi connectivity index (χ1v) is 5.92. The van der Waals surface area contributed by atoms with Crippen molar-refractivity contribution in [3.05, 3.63) is 53.2 Å². The molecule has 3 nitrogen and oxygen atoms in total. The van der Waals surface area contributed by atoms with Crippen LogP contribution in [0, 0.1) is 6.92 Å². The Labute approximate surface area is 102 Å². The summed E-state index contributed by atoms with van der Waals surface area (Å²) in [6.07, 6.45) is 4.65. The molecule has 3 heteroatoms. The maximum absolute atomic E-state index is 5.79. The highest BCUT2D eigenvalue weighted by Crippen LogP contribution is 2.23. The first-order chi connectivity index (χ1) is 8.24. The van der Waals surface area contributed by atoms with Crippen LogP contribution in [0.5, 0.6) is 0 Å². The highest BCUT2D eigenvalue weighted by Gasteiger charge is 2.16. The molecule has 0 saturated carbocycles. The molecule has 17 heavy (non-hydrogen) atoms. The van der Waals surface area contributed by atoms with Gasteiger partial charge < -0.3 is 9.73 Å². The number of nitrogens with zero attached hydrogens (tertiary/aromatic N) is 1. The molecule has 2 heterocycles. The number of hydrogen-bond acceptors (Lipinski definition) is 3. The van der Waals surface area contributed by atoms with Gasteiger partial charge in [-0.1, -0.05) is 13.0 Å². The van der Waals surface area contributed by atoms with Crippen LogP contribution in [-0.4, -0.2) is 12.0 Å². The second kappa shape index (κ2) is 5.15. The molecule has 0 aliphatic rings. The monoisotopic (exact) mass is 230 g/mol. The molecule has 0 bridgehead atoms. The van der Waals surface area contributed by atoms with E-state index in [9.17, 15) is 0 Å². The lowest BCUT2D eigenvalue weighted by Crippen LogP contribution is -2.17. The van der Waals surface area contributed by atoms with E-state index in [-0.39, 0.29) is 6.04 Å². The van der Waals surface area contributed by atoms with Gasteiger partial charge in [0.15, 0.2) is 0 Å². The van der Waals surface area contributed by atoms with Gasteiger partial charge in [-0.15, -0.1) is 0 Å². The van der Waals surface area contributed by atoms with Crippen molar-refractivity contribution in [3.8, 4) is 0 Å². The van der Waals surface area contributed by atoms with Crippen LogP contribution in [0.2, 0.25) is 0 Å². The Hall–Kier alpha value is -1.61. The van der Waals surface area contributed by atoms with Crippen LogP contribution >= 0.6 is 0 Å². The Morgan fingerprint density at radius 2 is 2.18 bits per heavy atom. The van der Waals surface area contributed by atoms with Crippen LogP contribution in [0.1, 0.15) is 35.6 Å². The average Bonchev–Trinajstić information content (AvgIpc) is 2.79. The summed E-state index contributed by atoms with van der Waals surface area (Å²) in [7, 11) is 1.93. The lowest BCUT2D eigenvalue weighted by atomic mass is 10.1. The number of aryl methyl sites for hydroxylation is 2. The first kappa shape index (κ1) is 11.9. The molecule has 1 N–H and O–H groups in total. The highest BCUT2D eigenvalue weighted by atomic mass is 16.3. The fourth-order valence-corrected chi connectivity index (χ4v) is 1.95. The van der Waals surface area contributed by atoms with Crippen LogP contribution in [-0.2, 0) is 6.42 Å². The van der Waals surface area contributed by atoms with E-state index >= 15 is 0 Å². The van der Waals surface area contributed by atoms with E-state index in [1.807, 2.05) is 38.5 Å². The zero-order valence-corrected chi connectivity index (χ0v) is 10.5. The lowest BCUT2D eigenvalue weighted by molar-refractivity contribution is 0.433. The Bertz CT molecular complexity index is 490. The molecule has 0 radical (unpaired) electrons. The van der Waals surface area contributed by atoms with Gasteiger partial charge in [-0.3, -0.25) is 4.98 Å². The summed E-state index contributed by atoms with van der Waals surface area (Å²) in [4.78, 5) is 4.22. The topological polar surface area (TPSA) is 38.1 Å². The predicted octanol–water partition coefficient (Wildman–Crippen LogP) is 2.85. The standard InChI is InChI=1S/C14H18N2O/c1-4-12-5-6-13(17-12)14(15-3)11-7-10(2)8-16-9-11/h5-9,14-15H,4H2,1-3H3. The Kier molecular flexibility index (Phi) is 3.59. The molecule has 0 amide bonds. The van der Waals surface area contributed by atoms with Crippen LogP contribution in [0.25, 0.3) is 0 Å². The predicted molar refractivity (Wildman–Crippen MR) is 68.0 cm³/mol.